The first kappa shape index (κ1) is 18.2. The molecule has 7 heteroatoms. The number of carbonyl (C=O) groups is 1. The second-order valence-corrected chi connectivity index (χ2v) is 8.82. The van der Waals surface area contributed by atoms with Crippen molar-refractivity contribution in [2.45, 2.75) is 17.7 Å². The Balaban J connectivity index is 1.65. The molecule has 0 saturated heterocycles. The predicted molar refractivity (Wildman–Crippen MR) is 104 cm³/mol. The first-order valence-corrected chi connectivity index (χ1v) is 10.3. The van der Waals surface area contributed by atoms with E-state index in [0.29, 0.717) is 11.3 Å². The van der Waals surface area contributed by atoms with E-state index in [1.807, 2.05) is 25.1 Å². The van der Waals surface area contributed by atoms with E-state index in [-0.39, 0.29) is 16.7 Å². The lowest BCUT2D eigenvalue weighted by Gasteiger charge is -2.06. The average Bonchev–Trinajstić information content (AvgIpc) is 3.12. The number of thiophene rings is 1. The Bertz CT molecular complexity index is 995. The average molecular weight is 386 g/mol. The molecule has 0 saturated carbocycles. The van der Waals surface area contributed by atoms with Crippen molar-refractivity contribution in [1.82, 2.24) is 5.32 Å². The van der Waals surface area contributed by atoms with Gasteiger partial charge in [0, 0.05) is 16.1 Å². The Labute approximate surface area is 156 Å². The first-order chi connectivity index (χ1) is 12.4. The molecule has 3 rings (SSSR count). The zero-order chi connectivity index (χ0) is 18.6. The number of hydrogen-bond acceptors (Lipinski definition) is 4. The molecule has 0 spiro atoms. The molecule has 0 atom stereocenters. The summed E-state index contributed by atoms with van der Waals surface area (Å²) < 4.78 is 27.7. The van der Waals surface area contributed by atoms with E-state index in [4.69, 9.17) is 0 Å². The fraction of sp³-hybridized carbons (Fsp3) is 0.105. The molecule has 2 N–H and O–H groups in total. The van der Waals surface area contributed by atoms with Crippen LogP contribution in [0.5, 0.6) is 0 Å². The van der Waals surface area contributed by atoms with Gasteiger partial charge in [-0.1, -0.05) is 35.9 Å². The molecule has 2 aromatic carbocycles. The van der Waals surface area contributed by atoms with Crippen LogP contribution in [0.15, 0.2) is 70.9 Å². The Morgan fingerprint density at radius 2 is 1.65 bits per heavy atom. The molecule has 1 aromatic heterocycles. The lowest BCUT2D eigenvalue weighted by Crippen LogP contribution is -2.22. The summed E-state index contributed by atoms with van der Waals surface area (Å²) in [5, 5.41) is 2.79. The van der Waals surface area contributed by atoms with Crippen molar-refractivity contribution in [3.63, 3.8) is 0 Å². The maximum atomic E-state index is 12.5. The van der Waals surface area contributed by atoms with Crippen molar-refractivity contribution in [2.75, 3.05) is 4.72 Å². The molecule has 0 radical (unpaired) electrons. The number of nitrogens with one attached hydrogen (secondary N) is 2. The molecule has 0 aliphatic heterocycles. The Morgan fingerprint density at radius 3 is 2.35 bits per heavy atom. The van der Waals surface area contributed by atoms with Gasteiger partial charge in [0.1, 0.15) is 4.21 Å². The van der Waals surface area contributed by atoms with Crippen LogP contribution in [-0.4, -0.2) is 14.3 Å². The number of sulfonamides is 1. The third-order valence-electron chi connectivity index (χ3n) is 3.66. The number of hydrogen-bond donors (Lipinski definition) is 2. The minimum atomic E-state index is -3.64. The Morgan fingerprint density at radius 1 is 0.962 bits per heavy atom. The normalized spacial score (nSPS) is 11.1. The summed E-state index contributed by atoms with van der Waals surface area (Å²) in [5.41, 5.74) is 2.14. The van der Waals surface area contributed by atoms with E-state index in [1.54, 1.807) is 48.5 Å². The number of carbonyl (C=O) groups excluding carboxylic acids is 1. The summed E-state index contributed by atoms with van der Waals surface area (Å²) in [6, 6.07) is 19.3. The van der Waals surface area contributed by atoms with Crippen molar-refractivity contribution in [3.8, 4) is 0 Å². The molecule has 0 fully saturated rings. The van der Waals surface area contributed by atoms with Crippen LogP contribution in [-0.2, 0) is 16.6 Å². The van der Waals surface area contributed by atoms with Crippen LogP contribution >= 0.6 is 11.3 Å². The van der Waals surface area contributed by atoms with Gasteiger partial charge in [0.25, 0.3) is 15.9 Å². The van der Waals surface area contributed by atoms with Crippen LogP contribution in [0, 0.1) is 6.92 Å². The third-order valence-corrected chi connectivity index (χ3v) is 6.62. The quantitative estimate of drug-likeness (QED) is 0.677. The SMILES string of the molecule is Cc1ccc(NS(=O)(=O)c2ccc(CNC(=O)c3ccccc3)s2)cc1. The van der Waals surface area contributed by atoms with Gasteiger partial charge in [-0.15, -0.1) is 11.3 Å². The van der Waals surface area contributed by atoms with Gasteiger partial charge in [-0.25, -0.2) is 8.42 Å². The Kier molecular flexibility index (Phi) is 5.39. The lowest BCUT2D eigenvalue weighted by molar-refractivity contribution is 0.0951. The topological polar surface area (TPSA) is 75.3 Å². The molecule has 0 unspecified atom stereocenters. The Hall–Kier alpha value is -2.64. The fourth-order valence-electron chi connectivity index (χ4n) is 2.28. The third kappa shape index (κ3) is 4.50. The second kappa shape index (κ2) is 7.72. The molecule has 134 valence electrons. The van der Waals surface area contributed by atoms with E-state index in [1.165, 1.54) is 0 Å². The summed E-state index contributed by atoms with van der Waals surface area (Å²) in [6.45, 7) is 2.21. The van der Waals surface area contributed by atoms with E-state index in [9.17, 15) is 13.2 Å². The van der Waals surface area contributed by atoms with Gasteiger partial charge in [-0.3, -0.25) is 9.52 Å². The monoisotopic (exact) mass is 386 g/mol. The van der Waals surface area contributed by atoms with Gasteiger partial charge in [-0.2, -0.15) is 0 Å². The van der Waals surface area contributed by atoms with Crippen molar-refractivity contribution in [2.24, 2.45) is 0 Å². The molecule has 0 aliphatic carbocycles. The molecule has 0 aliphatic rings. The second-order valence-electron chi connectivity index (χ2n) is 5.74. The molecule has 26 heavy (non-hydrogen) atoms. The lowest BCUT2D eigenvalue weighted by atomic mass is 10.2. The predicted octanol–water partition coefficient (Wildman–Crippen LogP) is 3.79. The molecule has 5 nitrogen and oxygen atoms in total. The van der Waals surface area contributed by atoms with Crippen molar-refractivity contribution >= 4 is 33.0 Å². The largest absolute Gasteiger partial charge is 0.347 e. The van der Waals surface area contributed by atoms with E-state index < -0.39 is 10.0 Å². The highest BCUT2D eigenvalue weighted by molar-refractivity contribution is 7.94. The van der Waals surface area contributed by atoms with Crippen LogP contribution in [0.25, 0.3) is 0 Å². The number of rotatable bonds is 6. The van der Waals surface area contributed by atoms with Gasteiger partial charge in [-0.05, 0) is 43.3 Å². The smallest absolute Gasteiger partial charge is 0.271 e. The van der Waals surface area contributed by atoms with Gasteiger partial charge < -0.3 is 5.32 Å². The molecule has 3 aromatic rings. The van der Waals surface area contributed by atoms with Crippen LogP contribution < -0.4 is 10.0 Å². The zero-order valence-electron chi connectivity index (χ0n) is 14.1. The molecule has 0 bridgehead atoms. The minimum Gasteiger partial charge on any atom is -0.347 e. The van der Waals surface area contributed by atoms with Crippen LogP contribution in [0.3, 0.4) is 0 Å². The molecular formula is C19H18N2O3S2. The fourth-order valence-corrected chi connectivity index (χ4v) is 4.64. The molecule has 1 amide bonds. The highest BCUT2D eigenvalue weighted by Crippen LogP contribution is 2.24. The minimum absolute atomic E-state index is 0.193. The maximum absolute atomic E-state index is 12.5. The molecular weight excluding hydrogens is 368 g/mol. The van der Waals surface area contributed by atoms with Crippen molar-refractivity contribution in [1.29, 1.82) is 0 Å². The van der Waals surface area contributed by atoms with E-state index in [0.717, 1.165) is 21.8 Å². The van der Waals surface area contributed by atoms with E-state index >= 15 is 0 Å². The number of benzene rings is 2. The van der Waals surface area contributed by atoms with Gasteiger partial charge in [0.05, 0.1) is 6.54 Å². The summed E-state index contributed by atoms with van der Waals surface area (Å²) in [6.07, 6.45) is 0. The summed E-state index contributed by atoms with van der Waals surface area (Å²) in [4.78, 5) is 12.8. The van der Waals surface area contributed by atoms with E-state index in [2.05, 4.69) is 10.0 Å². The van der Waals surface area contributed by atoms with Crippen LogP contribution in [0.1, 0.15) is 20.8 Å². The van der Waals surface area contributed by atoms with Crippen LogP contribution in [0.4, 0.5) is 5.69 Å². The molecule has 1 heterocycles. The summed E-state index contributed by atoms with van der Waals surface area (Å²) >= 11 is 1.13. The summed E-state index contributed by atoms with van der Waals surface area (Å²) in [5.74, 6) is -0.193. The van der Waals surface area contributed by atoms with Gasteiger partial charge in [0.2, 0.25) is 0 Å². The first-order valence-electron chi connectivity index (χ1n) is 7.95. The highest BCUT2D eigenvalue weighted by Gasteiger charge is 2.17. The number of aryl methyl sites for hydroxylation is 1. The standard InChI is InChI=1S/C19H18N2O3S2/c1-14-7-9-16(10-8-14)21-26(23,24)18-12-11-17(25-18)13-20-19(22)15-5-3-2-4-6-15/h2-12,21H,13H2,1H3,(H,20,22). The van der Waals surface area contributed by atoms with Crippen LogP contribution in [0.2, 0.25) is 0 Å². The maximum Gasteiger partial charge on any atom is 0.271 e. The zero-order valence-corrected chi connectivity index (χ0v) is 15.7. The van der Waals surface area contributed by atoms with Crippen molar-refractivity contribution in [3.05, 3.63) is 82.7 Å². The number of anilines is 1. The van der Waals surface area contributed by atoms with Gasteiger partial charge >= 0.3 is 0 Å². The summed E-state index contributed by atoms with van der Waals surface area (Å²) in [7, 11) is -3.64. The van der Waals surface area contributed by atoms with Gasteiger partial charge in [0.15, 0.2) is 0 Å². The number of amides is 1. The van der Waals surface area contributed by atoms with Crippen molar-refractivity contribution < 1.29 is 13.2 Å². The highest BCUT2D eigenvalue weighted by atomic mass is 32.2.